The minimum Gasteiger partial charge on any atom is -0.496 e. The number of hydrazine groups is 1. The third kappa shape index (κ3) is 3.43. The molecule has 1 unspecified atom stereocenters. The molecule has 0 spiro atoms. The normalized spacial score (nSPS) is 12.4. The zero-order valence-electron chi connectivity index (χ0n) is 13.2. The van der Waals surface area contributed by atoms with Gasteiger partial charge in [-0.1, -0.05) is 24.6 Å². The summed E-state index contributed by atoms with van der Waals surface area (Å²) in [6.45, 7) is 4.17. The first-order chi connectivity index (χ1) is 10.1. The Morgan fingerprint density at radius 2 is 2.14 bits per heavy atom. The third-order valence-electron chi connectivity index (χ3n) is 3.75. The van der Waals surface area contributed by atoms with Crippen LogP contribution < -0.4 is 16.0 Å². The van der Waals surface area contributed by atoms with Gasteiger partial charge in [0.05, 0.1) is 24.5 Å². The average molecular weight is 288 g/mol. The van der Waals surface area contributed by atoms with Crippen LogP contribution >= 0.6 is 0 Å². The highest BCUT2D eigenvalue weighted by atomic mass is 16.5. The SMILES string of the molecule is CCc1cc(C(Cc2cc(C)ccc2OC)NN)n(C)n1. The first kappa shape index (κ1) is 15.5. The Bertz CT molecular complexity index is 606. The summed E-state index contributed by atoms with van der Waals surface area (Å²) in [4.78, 5) is 0. The second-order valence-electron chi connectivity index (χ2n) is 5.28. The van der Waals surface area contributed by atoms with Crippen molar-refractivity contribution >= 4 is 0 Å². The molecule has 1 aromatic carbocycles. The van der Waals surface area contributed by atoms with Crippen LogP contribution in [0.5, 0.6) is 5.75 Å². The number of nitrogens with zero attached hydrogens (tertiary/aromatic N) is 2. The first-order valence-electron chi connectivity index (χ1n) is 7.21. The van der Waals surface area contributed by atoms with Crippen LogP contribution in [-0.4, -0.2) is 16.9 Å². The molecule has 114 valence electrons. The van der Waals surface area contributed by atoms with Gasteiger partial charge in [0.1, 0.15) is 5.75 Å². The van der Waals surface area contributed by atoms with Crippen LogP contribution in [0, 0.1) is 6.92 Å². The van der Waals surface area contributed by atoms with Gasteiger partial charge in [-0.15, -0.1) is 0 Å². The number of aryl methyl sites for hydroxylation is 3. The Kier molecular flexibility index (Phi) is 4.98. The number of nitrogens with two attached hydrogens (primary N) is 1. The van der Waals surface area contributed by atoms with E-state index in [1.807, 2.05) is 23.9 Å². The van der Waals surface area contributed by atoms with Gasteiger partial charge < -0.3 is 4.74 Å². The summed E-state index contributed by atoms with van der Waals surface area (Å²) < 4.78 is 7.34. The summed E-state index contributed by atoms with van der Waals surface area (Å²) in [6.07, 6.45) is 1.67. The Morgan fingerprint density at radius 3 is 2.71 bits per heavy atom. The highest BCUT2D eigenvalue weighted by Crippen LogP contribution is 2.26. The monoisotopic (exact) mass is 288 g/mol. The maximum atomic E-state index is 5.77. The van der Waals surface area contributed by atoms with Crippen LogP contribution in [0.4, 0.5) is 0 Å². The van der Waals surface area contributed by atoms with E-state index >= 15 is 0 Å². The molecule has 5 nitrogen and oxygen atoms in total. The molecule has 0 fully saturated rings. The van der Waals surface area contributed by atoms with Gasteiger partial charge in [-0.25, -0.2) is 0 Å². The number of benzene rings is 1. The number of hydrogen-bond acceptors (Lipinski definition) is 4. The Hall–Kier alpha value is -1.85. The second-order valence-corrected chi connectivity index (χ2v) is 5.28. The van der Waals surface area contributed by atoms with Gasteiger partial charge in [0.2, 0.25) is 0 Å². The zero-order chi connectivity index (χ0) is 15.4. The molecule has 21 heavy (non-hydrogen) atoms. The van der Waals surface area contributed by atoms with Crippen molar-refractivity contribution in [2.45, 2.75) is 32.7 Å². The van der Waals surface area contributed by atoms with Crippen LogP contribution in [0.3, 0.4) is 0 Å². The van der Waals surface area contributed by atoms with Gasteiger partial charge in [-0.05, 0) is 37.5 Å². The number of hydrogen-bond donors (Lipinski definition) is 2. The maximum absolute atomic E-state index is 5.77. The van der Waals surface area contributed by atoms with Gasteiger partial charge in [-0.3, -0.25) is 16.0 Å². The zero-order valence-corrected chi connectivity index (χ0v) is 13.2. The largest absolute Gasteiger partial charge is 0.496 e. The molecule has 0 saturated carbocycles. The van der Waals surface area contributed by atoms with E-state index < -0.39 is 0 Å². The minimum atomic E-state index is -0.00139. The Labute approximate surface area is 126 Å². The van der Waals surface area contributed by atoms with Gasteiger partial charge in [0.25, 0.3) is 0 Å². The molecule has 0 aliphatic carbocycles. The van der Waals surface area contributed by atoms with Crippen molar-refractivity contribution < 1.29 is 4.74 Å². The maximum Gasteiger partial charge on any atom is 0.122 e. The van der Waals surface area contributed by atoms with Gasteiger partial charge in [0, 0.05) is 7.05 Å². The van der Waals surface area contributed by atoms with Gasteiger partial charge in [-0.2, -0.15) is 5.10 Å². The lowest BCUT2D eigenvalue weighted by Gasteiger charge is -2.18. The van der Waals surface area contributed by atoms with Gasteiger partial charge >= 0.3 is 0 Å². The lowest BCUT2D eigenvalue weighted by molar-refractivity contribution is 0.404. The highest BCUT2D eigenvalue weighted by molar-refractivity contribution is 5.38. The van der Waals surface area contributed by atoms with E-state index in [-0.39, 0.29) is 6.04 Å². The smallest absolute Gasteiger partial charge is 0.122 e. The van der Waals surface area contributed by atoms with E-state index in [1.165, 1.54) is 5.56 Å². The van der Waals surface area contributed by atoms with E-state index in [4.69, 9.17) is 10.6 Å². The number of rotatable bonds is 6. The Balaban J connectivity index is 2.30. The molecule has 2 rings (SSSR count). The molecule has 1 heterocycles. The van der Waals surface area contributed by atoms with Crippen molar-refractivity contribution in [3.8, 4) is 5.75 Å². The lowest BCUT2D eigenvalue weighted by Crippen LogP contribution is -2.31. The summed E-state index contributed by atoms with van der Waals surface area (Å²) in [5, 5.41) is 4.49. The van der Waals surface area contributed by atoms with Crippen molar-refractivity contribution in [2.24, 2.45) is 12.9 Å². The van der Waals surface area contributed by atoms with Gasteiger partial charge in [0.15, 0.2) is 0 Å². The predicted molar refractivity (Wildman–Crippen MR) is 84.1 cm³/mol. The van der Waals surface area contributed by atoms with Crippen LogP contribution in [0.15, 0.2) is 24.3 Å². The summed E-state index contributed by atoms with van der Waals surface area (Å²) >= 11 is 0. The topological polar surface area (TPSA) is 65.1 Å². The van der Waals surface area contributed by atoms with Crippen molar-refractivity contribution in [1.29, 1.82) is 0 Å². The fourth-order valence-electron chi connectivity index (χ4n) is 2.58. The van der Waals surface area contributed by atoms with Crippen molar-refractivity contribution in [3.05, 3.63) is 46.8 Å². The summed E-state index contributed by atoms with van der Waals surface area (Å²) in [5.74, 6) is 6.66. The second kappa shape index (κ2) is 6.74. The molecule has 0 bridgehead atoms. The number of methoxy groups -OCH3 is 1. The van der Waals surface area contributed by atoms with Crippen molar-refractivity contribution in [2.75, 3.05) is 7.11 Å². The lowest BCUT2D eigenvalue weighted by atomic mass is 10.0. The molecule has 1 atom stereocenters. The van der Waals surface area contributed by atoms with E-state index in [9.17, 15) is 0 Å². The molecule has 2 aromatic rings. The Morgan fingerprint density at radius 1 is 1.38 bits per heavy atom. The highest BCUT2D eigenvalue weighted by Gasteiger charge is 2.18. The third-order valence-corrected chi connectivity index (χ3v) is 3.75. The molecular weight excluding hydrogens is 264 g/mol. The standard InChI is InChI=1S/C16H24N4O/c1-5-13-10-15(20(3)19-13)14(18-17)9-12-8-11(2)6-7-16(12)21-4/h6-8,10,14,18H,5,9,17H2,1-4H3. The molecule has 0 aliphatic heterocycles. The van der Waals surface area contributed by atoms with Crippen LogP contribution in [0.2, 0.25) is 0 Å². The summed E-state index contributed by atoms with van der Waals surface area (Å²) in [7, 11) is 3.64. The van der Waals surface area contributed by atoms with Crippen molar-refractivity contribution in [1.82, 2.24) is 15.2 Å². The molecule has 3 N–H and O–H groups in total. The fourth-order valence-corrected chi connectivity index (χ4v) is 2.58. The van der Waals surface area contributed by atoms with Crippen molar-refractivity contribution in [3.63, 3.8) is 0 Å². The summed E-state index contributed by atoms with van der Waals surface area (Å²) in [5.41, 5.74) is 7.40. The molecule has 0 amide bonds. The van der Waals surface area contributed by atoms with Crippen LogP contribution in [0.1, 0.15) is 35.5 Å². The number of nitrogens with one attached hydrogen (secondary N) is 1. The molecule has 1 aromatic heterocycles. The predicted octanol–water partition coefficient (Wildman–Crippen LogP) is 2.05. The van der Waals surface area contributed by atoms with E-state index in [0.717, 1.165) is 35.5 Å². The number of aromatic nitrogens is 2. The molecular formula is C16H24N4O. The quantitative estimate of drug-likeness (QED) is 0.631. The van der Waals surface area contributed by atoms with E-state index in [1.54, 1.807) is 7.11 Å². The molecule has 5 heteroatoms. The molecule has 0 aliphatic rings. The summed E-state index contributed by atoms with van der Waals surface area (Å²) in [6, 6.07) is 8.29. The molecule has 0 radical (unpaired) electrons. The minimum absolute atomic E-state index is 0.00139. The van der Waals surface area contributed by atoms with E-state index in [2.05, 4.69) is 36.5 Å². The number of ether oxygens (including phenoxy) is 1. The molecule has 0 saturated heterocycles. The van der Waals surface area contributed by atoms with Crippen LogP contribution in [0.25, 0.3) is 0 Å². The van der Waals surface area contributed by atoms with E-state index in [0.29, 0.717) is 0 Å². The average Bonchev–Trinajstić information content (AvgIpc) is 2.86. The van der Waals surface area contributed by atoms with Crippen LogP contribution in [-0.2, 0) is 19.9 Å². The fraction of sp³-hybridized carbons (Fsp3) is 0.438. The first-order valence-corrected chi connectivity index (χ1v) is 7.21.